The zero-order valence-corrected chi connectivity index (χ0v) is 15.5. The van der Waals surface area contributed by atoms with Crippen LogP contribution < -0.4 is 0 Å². The summed E-state index contributed by atoms with van der Waals surface area (Å²) in [4.78, 5) is 0. The molecule has 0 bridgehead atoms. The van der Waals surface area contributed by atoms with Gasteiger partial charge in [-0.3, -0.25) is 0 Å². The highest BCUT2D eigenvalue weighted by atomic mass is 16.3. The van der Waals surface area contributed by atoms with E-state index in [2.05, 4.69) is 32.1 Å². The van der Waals surface area contributed by atoms with Gasteiger partial charge in [0, 0.05) is 5.56 Å². The number of aromatic hydroxyl groups is 1. The molecule has 0 heterocycles. The molecule has 0 radical (unpaired) electrons. The normalized spacial score (nSPS) is 38.0. The fourth-order valence-corrected chi connectivity index (χ4v) is 6.72. The van der Waals surface area contributed by atoms with Crippen LogP contribution in [-0.2, 0) is 6.42 Å². The van der Waals surface area contributed by atoms with E-state index < -0.39 is 0 Å². The van der Waals surface area contributed by atoms with Gasteiger partial charge >= 0.3 is 0 Å². The molecule has 0 aliphatic heterocycles. The number of phenols is 1. The SMILES string of the molecule is C/C=C/c1cc2c(cc1O)CCC1C2CC[C@@]2(C)C1CC[C@@H]2CC. The minimum absolute atomic E-state index is 0.456. The van der Waals surface area contributed by atoms with Crippen LogP contribution in [0.25, 0.3) is 6.08 Å². The van der Waals surface area contributed by atoms with Crippen molar-refractivity contribution < 1.29 is 5.11 Å². The average Bonchev–Trinajstić information content (AvgIpc) is 2.92. The lowest BCUT2D eigenvalue weighted by Crippen LogP contribution is -2.42. The summed E-state index contributed by atoms with van der Waals surface area (Å²) in [6.45, 7) is 7.02. The second kappa shape index (κ2) is 5.93. The van der Waals surface area contributed by atoms with Crippen molar-refractivity contribution in [1.29, 1.82) is 0 Å². The van der Waals surface area contributed by atoms with E-state index in [-0.39, 0.29) is 0 Å². The molecule has 0 spiro atoms. The Labute approximate surface area is 147 Å². The van der Waals surface area contributed by atoms with Crippen LogP contribution in [0.3, 0.4) is 0 Å². The maximum atomic E-state index is 10.3. The van der Waals surface area contributed by atoms with Gasteiger partial charge in [0.05, 0.1) is 0 Å². The first-order valence-corrected chi connectivity index (χ1v) is 10.1. The Kier molecular flexibility index (Phi) is 4.01. The zero-order valence-electron chi connectivity index (χ0n) is 15.5. The van der Waals surface area contributed by atoms with Gasteiger partial charge < -0.3 is 5.11 Å². The number of rotatable bonds is 2. The largest absolute Gasteiger partial charge is 0.507 e. The molecule has 1 nitrogen and oxygen atoms in total. The van der Waals surface area contributed by atoms with Gasteiger partial charge in [-0.15, -0.1) is 0 Å². The molecule has 130 valence electrons. The molecular formula is C23H32O. The number of hydrogen-bond acceptors (Lipinski definition) is 1. The van der Waals surface area contributed by atoms with E-state index >= 15 is 0 Å². The van der Waals surface area contributed by atoms with E-state index in [1.54, 1.807) is 5.56 Å². The first-order valence-electron chi connectivity index (χ1n) is 10.1. The van der Waals surface area contributed by atoms with E-state index in [9.17, 15) is 5.11 Å². The van der Waals surface area contributed by atoms with Crippen LogP contribution in [0.4, 0.5) is 0 Å². The number of fused-ring (bicyclic) bond motifs is 5. The van der Waals surface area contributed by atoms with Gasteiger partial charge in [-0.1, -0.05) is 32.4 Å². The Morgan fingerprint density at radius 3 is 2.79 bits per heavy atom. The Morgan fingerprint density at radius 2 is 2.04 bits per heavy atom. The van der Waals surface area contributed by atoms with Gasteiger partial charge in [0.25, 0.3) is 0 Å². The van der Waals surface area contributed by atoms with Crippen LogP contribution in [-0.4, -0.2) is 5.11 Å². The van der Waals surface area contributed by atoms with Crippen molar-refractivity contribution in [2.45, 2.75) is 71.6 Å². The Balaban J connectivity index is 1.70. The molecule has 0 aromatic heterocycles. The molecule has 1 aromatic carbocycles. The molecular weight excluding hydrogens is 292 g/mol. The van der Waals surface area contributed by atoms with Crippen molar-refractivity contribution in [2.24, 2.45) is 23.2 Å². The summed E-state index contributed by atoms with van der Waals surface area (Å²) in [6.07, 6.45) is 13.6. The minimum Gasteiger partial charge on any atom is -0.507 e. The number of aryl methyl sites for hydroxylation is 1. The number of phenolic OH excluding ortho intramolecular Hbond substituents is 1. The third-order valence-electron chi connectivity index (χ3n) is 7.91. The predicted molar refractivity (Wildman–Crippen MR) is 101 cm³/mol. The molecule has 1 heteroatoms. The lowest BCUT2D eigenvalue weighted by Gasteiger charge is -2.51. The van der Waals surface area contributed by atoms with E-state index in [1.165, 1.54) is 44.1 Å². The van der Waals surface area contributed by atoms with Gasteiger partial charge in [-0.2, -0.15) is 0 Å². The van der Waals surface area contributed by atoms with Gasteiger partial charge in [0.2, 0.25) is 0 Å². The smallest absolute Gasteiger partial charge is 0.123 e. The summed E-state index contributed by atoms with van der Waals surface area (Å²) in [6, 6.07) is 4.36. The predicted octanol–water partition coefficient (Wildman–Crippen LogP) is 6.31. The average molecular weight is 325 g/mol. The first kappa shape index (κ1) is 16.2. The second-order valence-electron chi connectivity index (χ2n) is 8.75. The van der Waals surface area contributed by atoms with Crippen molar-refractivity contribution in [3.8, 4) is 5.75 Å². The minimum atomic E-state index is 0.456. The monoisotopic (exact) mass is 324 g/mol. The summed E-state index contributed by atoms with van der Waals surface area (Å²) in [7, 11) is 0. The Morgan fingerprint density at radius 1 is 1.21 bits per heavy atom. The quantitative estimate of drug-likeness (QED) is 0.676. The van der Waals surface area contributed by atoms with E-state index in [1.807, 2.05) is 13.0 Å². The van der Waals surface area contributed by atoms with Crippen molar-refractivity contribution >= 4 is 6.08 Å². The summed E-state index contributed by atoms with van der Waals surface area (Å²) >= 11 is 0. The van der Waals surface area contributed by atoms with Crippen LogP contribution in [0, 0.1) is 23.2 Å². The Hall–Kier alpha value is -1.24. The topological polar surface area (TPSA) is 20.2 Å². The molecule has 3 aliphatic carbocycles. The fraction of sp³-hybridized carbons (Fsp3) is 0.652. The highest BCUT2D eigenvalue weighted by Crippen LogP contribution is 2.63. The van der Waals surface area contributed by atoms with Crippen LogP contribution in [0.15, 0.2) is 18.2 Å². The highest BCUT2D eigenvalue weighted by Gasteiger charge is 2.53. The third-order valence-corrected chi connectivity index (χ3v) is 7.91. The van der Waals surface area contributed by atoms with Gasteiger partial charge in [-0.25, -0.2) is 0 Å². The molecule has 2 fully saturated rings. The van der Waals surface area contributed by atoms with Crippen LogP contribution in [0.1, 0.15) is 81.9 Å². The van der Waals surface area contributed by atoms with Crippen molar-refractivity contribution in [3.05, 3.63) is 34.9 Å². The number of hydrogen-bond donors (Lipinski definition) is 1. The fourth-order valence-electron chi connectivity index (χ4n) is 6.72. The maximum absolute atomic E-state index is 10.3. The summed E-state index contributed by atoms with van der Waals surface area (Å²) in [5.74, 6) is 3.93. The molecule has 0 amide bonds. The standard InChI is InChI=1S/C23H32O/c1-4-6-16-13-20-15(14-22(16)24)7-9-19-18(20)11-12-23(3)17(5-2)8-10-21(19)23/h4,6,13-14,17-19,21,24H,5,7-12H2,1-3H3/b6-4+/t17-,18?,19?,21?,23+/m0/s1. The summed E-state index contributed by atoms with van der Waals surface area (Å²) in [5.41, 5.74) is 4.56. The molecule has 0 saturated heterocycles. The zero-order chi connectivity index (χ0) is 16.9. The van der Waals surface area contributed by atoms with E-state index in [0.717, 1.165) is 35.7 Å². The molecule has 4 rings (SSSR count). The summed E-state index contributed by atoms with van der Waals surface area (Å²) < 4.78 is 0. The van der Waals surface area contributed by atoms with E-state index in [4.69, 9.17) is 0 Å². The van der Waals surface area contributed by atoms with Crippen molar-refractivity contribution in [1.82, 2.24) is 0 Å². The maximum Gasteiger partial charge on any atom is 0.123 e. The van der Waals surface area contributed by atoms with Crippen molar-refractivity contribution in [2.75, 3.05) is 0 Å². The molecule has 2 saturated carbocycles. The number of benzene rings is 1. The molecule has 5 atom stereocenters. The van der Waals surface area contributed by atoms with Gasteiger partial charge in [0.15, 0.2) is 0 Å². The molecule has 3 aliphatic rings. The summed E-state index contributed by atoms with van der Waals surface area (Å²) in [5, 5.41) is 10.3. The number of allylic oxidation sites excluding steroid dienone is 1. The van der Waals surface area contributed by atoms with Crippen LogP contribution in [0.5, 0.6) is 5.75 Å². The highest BCUT2D eigenvalue weighted by molar-refractivity contribution is 5.60. The molecule has 1 aromatic rings. The lowest BCUT2D eigenvalue weighted by molar-refractivity contribution is 0.0273. The molecule has 1 N–H and O–H groups in total. The van der Waals surface area contributed by atoms with Gasteiger partial charge in [0.1, 0.15) is 5.75 Å². The molecule has 24 heavy (non-hydrogen) atoms. The molecule has 3 unspecified atom stereocenters. The lowest BCUT2D eigenvalue weighted by atomic mass is 9.54. The van der Waals surface area contributed by atoms with Gasteiger partial charge in [-0.05, 0) is 97.8 Å². The van der Waals surface area contributed by atoms with E-state index in [0.29, 0.717) is 11.2 Å². The van der Waals surface area contributed by atoms with Crippen LogP contribution >= 0.6 is 0 Å². The van der Waals surface area contributed by atoms with Crippen LogP contribution in [0.2, 0.25) is 0 Å². The third kappa shape index (κ3) is 2.27. The van der Waals surface area contributed by atoms with Crippen molar-refractivity contribution in [3.63, 3.8) is 0 Å². The Bertz CT molecular complexity index is 658. The second-order valence-corrected chi connectivity index (χ2v) is 8.75. The first-order chi connectivity index (χ1) is 11.6.